The Balaban J connectivity index is 1.83. The van der Waals surface area contributed by atoms with Crippen LogP contribution in [0.1, 0.15) is 39.5 Å². The number of ether oxygens (including phenoxy) is 1. The molecular weight excluding hydrogens is 124 g/mol. The van der Waals surface area contributed by atoms with E-state index in [-0.39, 0.29) is 0 Å². The highest BCUT2D eigenvalue weighted by atomic mass is 16.5. The van der Waals surface area contributed by atoms with Gasteiger partial charge in [0.15, 0.2) is 0 Å². The zero-order valence-corrected chi connectivity index (χ0v) is 7.10. The van der Waals surface area contributed by atoms with Crippen molar-refractivity contribution < 1.29 is 4.74 Å². The third-order valence-electron chi connectivity index (χ3n) is 2.20. The first-order valence-electron chi connectivity index (χ1n) is 4.44. The largest absolute Gasteiger partial charge is 0.379 e. The third-order valence-corrected chi connectivity index (χ3v) is 2.20. The second kappa shape index (κ2) is 3.97. The summed E-state index contributed by atoms with van der Waals surface area (Å²) in [6.45, 7) is 5.30. The van der Waals surface area contributed by atoms with Crippen LogP contribution in [0, 0.1) is 5.92 Å². The van der Waals surface area contributed by atoms with Crippen LogP contribution in [-0.2, 0) is 4.74 Å². The Bertz CT molecular complexity index is 86.7. The van der Waals surface area contributed by atoms with E-state index in [0.29, 0.717) is 6.10 Å². The van der Waals surface area contributed by atoms with Crippen molar-refractivity contribution in [1.82, 2.24) is 0 Å². The molecule has 1 fully saturated rings. The Kier molecular flexibility index (Phi) is 3.20. The van der Waals surface area contributed by atoms with Crippen LogP contribution in [0.4, 0.5) is 0 Å². The van der Waals surface area contributed by atoms with Crippen LogP contribution in [0.5, 0.6) is 0 Å². The molecule has 60 valence electrons. The van der Waals surface area contributed by atoms with Gasteiger partial charge in [-0.1, -0.05) is 19.8 Å². The average molecular weight is 142 g/mol. The van der Waals surface area contributed by atoms with E-state index in [4.69, 9.17) is 4.74 Å². The third kappa shape index (κ3) is 3.21. The molecule has 1 atom stereocenters. The van der Waals surface area contributed by atoms with E-state index in [1.165, 1.54) is 19.3 Å². The van der Waals surface area contributed by atoms with Crippen molar-refractivity contribution in [2.24, 2.45) is 5.92 Å². The molecule has 0 aromatic carbocycles. The van der Waals surface area contributed by atoms with E-state index in [1.807, 2.05) is 0 Å². The fourth-order valence-electron chi connectivity index (χ4n) is 0.960. The lowest BCUT2D eigenvalue weighted by molar-refractivity contribution is 0.0595. The standard InChI is InChI=1S/C9H18O/c1-3-8(2)10-7-6-9-4-5-9/h8-9H,3-7H2,1-2H3. The number of hydrogen-bond acceptors (Lipinski definition) is 1. The Morgan fingerprint density at radius 3 is 2.70 bits per heavy atom. The number of rotatable bonds is 5. The molecule has 0 spiro atoms. The first kappa shape index (κ1) is 8.06. The minimum Gasteiger partial charge on any atom is -0.379 e. The predicted molar refractivity (Wildman–Crippen MR) is 43.0 cm³/mol. The molecule has 0 aromatic heterocycles. The van der Waals surface area contributed by atoms with Crippen molar-refractivity contribution in [3.8, 4) is 0 Å². The Hall–Kier alpha value is -0.0400. The van der Waals surface area contributed by atoms with E-state index in [2.05, 4.69) is 13.8 Å². The van der Waals surface area contributed by atoms with E-state index in [1.54, 1.807) is 0 Å². The molecule has 1 saturated carbocycles. The smallest absolute Gasteiger partial charge is 0.0544 e. The Morgan fingerprint density at radius 2 is 2.20 bits per heavy atom. The predicted octanol–water partition coefficient (Wildman–Crippen LogP) is 2.60. The first-order valence-corrected chi connectivity index (χ1v) is 4.44. The molecule has 0 amide bonds. The number of hydrogen-bond donors (Lipinski definition) is 0. The molecule has 1 aliphatic carbocycles. The SMILES string of the molecule is CCC(C)OCCC1CC1. The summed E-state index contributed by atoms with van der Waals surface area (Å²) in [4.78, 5) is 0. The quantitative estimate of drug-likeness (QED) is 0.573. The van der Waals surface area contributed by atoms with Gasteiger partial charge in [-0.2, -0.15) is 0 Å². The van der Waals surface area contributed by atoms with E-state index in [0.717, 1.165) is 18.9 Å². The summed E-state index contributed by atoms with van der Waals surface area (Å²) in [5.74, 6) is 1.02. The summed E-state index contributed by atoms with van der Waals surface area (Å²) in [5, 5.41) is 0. The lowest BCUT2D eigenvalue weighted by Crippen LogP contribution is -2.07. The van der Waals surface area contributed by atoms with Crippen molar-refractivity contribution in [3.63, 3.8) is 0 Å². The van der Waals surface area contributed by atoms with Gasteiger partial charge in [0, 0.05) is 6.61 Å². The van der Waals surface area contributed by atoms with Gasteiger partial charge in [0.05, 0.1) is 6.10 Å². The molecule has 0 radical (unpaired) electrons. The minimum absolute atomic E-state index is 0.471. The highest BCUT2D eigenvalue weighted by Crippen LogP contribution is 2.32. The Labute approximate surface area is 63.8 Å². The molecule has 0 aromatic rings. The molecule has 1 heteroatoms. The van der Waals surface area contributed by atoms with E-state index in [9.17, 15) is 0 Å². The van der Waals surface area contributed by atoms with Crippen LogP contribution >= 0.6 is 0 Å². The van der Waals surface area contributed by atoms with Crippen LogP contribution in [-0.4, -0.2) is 12.7 Å². The van der Waals surface area contributed by atoms with Crippen molar-refractivity contribution in [1.29, 1.82) is 0 Å². The summed E-state index contributed by atoms with van der Waals surface area (Å²) in [6.07, 6.45) is 5.81. The van der Waals surface area contributed by atoms with Crippen LogP contribution in [0.3, 0.4) is 0 Å². The highest BCUT2D eigenvalue weighted by molar-refractivity contribution is 4.72. The van der Waals surface area contributed by atoms with Gasteiger partial charge >= 0.3 is 0 Å². The average Bonchev–Trinajstić information content (AvgIpc) is 2.71. The first-order chi connectivity index (χ1) is 4.83. The summed E-state index contributed by atoms with van der Waals surface area (Å²) < 4.78 is 5.54. The van der Waals surface area contributed by atoms with Crippen LogP contribution in [0.2, 0.25) is 0 Å². The molecule has 1 aliphatic rings. The molecule has 1 rings (SSSR count). The van der Waals surface area contributed by atoms with Crippen molar-refractivity contribution >= 4 is 0 Å². The second-order valence-corrected chi connectivity index (χ2v) is 3.32. The van der Waals surface area contributed by atoms with Crippen molar-refractivity contribution in [2.45, 2.75) is 45.6 Å². The van der Waals surface area contributed by atoms with Gasteiger partial charge in [0.2, 0.25) is 0 Å². The van der Waals surface area contributed by atoms with Gasteiger partial charge in [-0.25, -0.2) is 0 Å². The topological polar surface area (TPSA) is 9.23 Å². The summed E-state index contributed by atoms with van der Waals surface area (Å²) in [7, 11) is 0. The molecule has 0 heterocycles. The fraction of sp³-hybridized carbons (Fsp3) is 1.00. The van der Waals surface area contributed by atoms with E-state index >= 15 is 0 Å². The molecule has 0 saturated heterocycles. The maximum absolute atomic E-state index is 5.54. The highest BCUT2D eigenvalue weighted by Gasteiger charge is 2.20. The lowest BCUT2D eigenvalue weighted by Gasteiger charge is -2.09. The van der Waals surface area contributed by atoms with Gasteiger partial charge in [0.1, 0.15) is 0 Å². The molecule has 10 heavy (non-hydrogen) atoms. The maximum atomic E-state index is 5.54. The molecular formula is C9H18O. The zero-order chi connectivity index (χ0) is 7.40. The van der Waals surface area contributed by atoms with E-state index < -0.39 is 0 Å². The molecule has 0 bridgehead atoms. The Morgan fingerprint density at radius 1 is 1.50 bits per heavy atom. The van der Waals surface area contributed by atoms with Crippen LogP contribution < -0.4 is 0 Å². The molecule has 0 aliphatic heterocycles. The summed E-state index contributed by atoms with van der Waals surface area (Å²) >= 11 is 0. The van der Waals surface area contributed by atoms with Gasteiger partial charge in [-0.05, 0) is 25.7 Å². The molecule has 1 nitrogen and oxygen atoms in total. The van der Waals surface area contributed by atoms with Crippen LogP contribution in [0.25, 0.3) is 0 Å². The van der Waals surface area contributed by atoms with Crippen LogP contribution in [0.15, 0.2) is 0 Å². The monoisotopic (exact) mass is 142 g/mol. The summed E-state index contributed by atoms with van der Waals surface area (Å²) in [5.41, 5.74) is 0. The second-order valence-electron chi connectivity index (χ2n) is 3.32. The minimum atomic E-state index is 0.471. The summed E-state index contributed by atoms with van der Waals surface area (Å²) in [6, 6.07) is 0. The molecule has 0 N–H and O–H groups in total. The van der Waals surface area contributed by atoms with Crippen molar-refractivity contribution in [3.05, 3.63) is 0 Å². The van der Waals surface area contributed by atoms with Gasteiger partial charge < -0.3 is 4.74 Å². The molecule has 1 unspecified atom stereocenters. The normalized spacial score (nSPS) is 21.0. The van der Waals surface area contributed by atoms with Gasteiger partial charge in [-0.3, -0.25) is 0 Å². The maximum Gasteiger partial charge on any atom is 0.0544 e. The lowest BCUT2D eigenvalue weighted by atomic mass is 10.3. The van der Waals surface area contributed by atoms with Gasteiger partial charge in [-0.15, -0.1) is 0 Å². The fourth-order valence-corrected chi connectivity index (χ4v) is 0.960. The van der Waals surface area contributed by atoms with Crippen molar-refractivity contribution in [2.75, 3.05) is 6.61 Å². The zero-order valence-electron chi connectivity index (χ0n) is 7.10. The van der Waals surface area contributed by atoms with Gasteiger partial charge in [0.25, 0.3) is 0 Å².